The summed E-state index contributed by atoms with van der Waals surface area (Å²) in [6, 6.07) is 21.6. The summed E-state index contributed by atoms with van der Waals surface area (Å²) in [6.07, 6.45) is 5.35. The van der Waals surface area contributed by atoms with Gasteiger partial charge in [-0.1, -0.05) is 101 Å². The second-order valence-corrected chi connectivity index (χ2v) is 17.0. The van der Waals surface area contributed by atoms with E-state index in [1.165, 1.54) is 10.4 Å². The van der Waals surface area contributed by atoms with Crippen molar-refractivity contribution in [3.63, 3.8) is 0 Å². The molecule has 1 aliphatic rings. The third kappa shape index (κ3) is 6.56. The van der Waals surface area contributed by atoms with Crippen LogP contribution in [0.1, 0.15) is 74.1 Å². The lowest BCUT2D eigenvalue weighted by Gasteiger charge is -2.45. The normalized spacial score (nSPS) is 21.3. The maximum atomic E-state index is 12.9. The molecule has 1 saturated carbocycles. The third-order valence-corrected chi connectivity index (χ3v) is 12.8. The smallest absolute Gasteiger partial charge is 0.408 e. The summed E-state index contributed by atoms with van der Waals surface area (Å²) < 4.78 is 12.9. The predicted octanol–water partition coefficient (Wildman–Crippen LogP) is 6.84. The minimum absolute atomic E-state index is 0.0714. The quantitative estimate of drug-likeness (QED) is 0.290. The van der Waals surface area contributed by atoms with E-state index >= 15 is 0 Å². The number of hydrogen-bond donors (Lipinski definition) is 1. The Kier molecular flexibility index (Phi) is 9.13. The van der Waals surface area contributed by atoms with Crippen LogP contribution in [0.2, 0.25) is 5.04 Å². The predicted molar refractivity (Wildman–Crippen MR) is 157 cm³/mol. The third-order valence-electron chi connectivity index (χ3n) is 7.77. The Balaban J connectivity index is 1.93. The molecule has 37 heavy (non-hydrogen) atoms. The summed E-state index contributed by atoms with van der Waals surface area (Å²) in [5, 5.41) is 5.80. The van der Waals surface area contributed by atoms with Gasteiger partial charge < -0.3 is 14.5 Å². The zero-order valence-electron chi connectivity index (χ0n) is 24.0. The Labute approximate surface area is 226 Å². The summed E-state index contributed by atoms with van der Waals surface area (Å²) in [7, 11) is -2.62. The average Bonchev–Trinajstić information content (AvgIpc) is 3.21. The molecule has 0 bridgehead atoms. The van der Waals surface area contributed by atoms with Crippen molar-refractivity contribution in [1.82, 2.24) is 5.32 Å². The summed E-state index contributed by atoms with van der Waals surface area (Å²) in [4.78, 5) is 12.9. The molecule has 5 heteroatoms. The van der Waals surface area contributed by atoms with Crippen LogP contribution in [-0.4, -0.2) is 32.2 Å². The fourth-order valence-corrected chi connectivity index (χ4v) is 11.0. The molecule has 4 nitrogen and oxygen atoms in total. The number of hydrogen-bond acceptors (Lipinski definition) is 3. The zero-order valence-corrected chi connectivity index (χ0v) is 25.0. The monoisotopic (exact) mass is 521 g/mol. The molecule has 0 aliphatic heterocycles. The van der Waals surface area contributed by atoms with Crippen molar-refractivity contribution in [2.45, 2.75) is 90.3 Å². The van der Waals surface area contributed by atoms with Gasteiger partial charge in [-0.3, -0.25) is 0 Å². The lowest BCUT2D eigenvalue weighted by Crippen LogP contribution is -2.67. The van der Waals surface area contributed by atoms with Crippen molar-refractivity contribution in [1.29, 1.82) is 0 Å². The minimum atomic E-state index is -2.62. The van der Waals surface area contributed by atoms with E-state index in [9.17, 15) is 4.79 Å². The minimum Gasteiger partial charge on any atom is -0.444 e. The molecule has 0 saturated heterocycles. The highest BCUT2D eigenvalue weighted by Gasteiger charge is 2.52. The first kappa shape index (κ1) is 29.2. The highest BCUT2D eigenvalue weighted by Crippen LogP contribution is 2.44. The van der Waals surface area contributed by atoms with E-state index in [2.05, 4.69) is 100 Å². The van der Waals surface area contributed by atoms with Gasteiger partial charge >= 0.3 is 6.09 Å². The van der Waals surface area contributed by atoms with Crippen molar-refractivity contribution in [2.75, 3.05) is 6.61 Å². The molecule has 3 atom stereocenters. The van der Waals surface area contributed by atoms with Crippen LogP contribution in [0, 0.1) is 11.8 Å². The van der Waals surface area contributed by atoms with Gasteiger partial charge in [-0.15, -0.1) is 6.58 Å². The van der Waals surface area contributed by atoms with Crippen LogP contribution in [0.4, 0.5) is 4.79 Å². The van der Waals surface area contributed by atoms with Gasteiger partial charge in [0.1, 0.15) is 5.60 Å². The van der Waals surface area contributed by atoms with E-state index in [1.807, 2.05) is 26.8 Å². The number of amides is 1. The van der Waals surface area contributed by atoms with Crippen LogP contribution >= 0.6 is 0 Å². The molecular formula is C32H47NO3Si. The van der Waals surface area contributed by atoms with E-state index < -0.39 is 13.9 Å². The molecule has 1 N–H and O–H groups in total. The molecule has 202 valence electrons. The Morgan fingerprint density at radius 3 is 2.05 bits per heavy atom. The summed E-state index contributed by atoms with van der Waals surface area (Å²) in [5.74, 6) is 0.523. The molecular weight excluding hydrogens is 474 g/mol. The summed E-state index contributed by atoms with van der Waals surface area (Å²) in [6.45, 7) is 19.6. The Hall–Kier alpha value is -2.37. The van der Waals surface area contributed by atoms with E-state index in [-0.39, 0.29) is 28.5 Å². The maximum Gasteiger partial charge on any atom is 0.408 e. The van der Waals surface area contributed by atoms with Crippen molar-refractivity contribution < 1.29 is 14.0 Å². The van der Waals surface area contributed by atoms with Gasteiger partial charge in [0.15, 0.2) is 0 Å². The largest absolute Gasteiger partial charge is 0.444 e. The van der Waals surface area contributed by atoms with E-state index in [0.29, 0.717) is 6.61 Å². The Morgan fingerprint density at radius 2 is 1.59 bits per heavy atom. The second-order valence-electron chi connectivity index (χ2n) is 12.7. The first-order valence-corrected chi connectivity index (χ1v) is 15.6. The van der Waals surface area contributed by atoms with E-state index in [1.54, 1.807) is 0 Å². The number of nitrogens with one attached hydrogen (secondary N) is 1. The highest BCUT2D eigenvalue weighted by atomic mass is 28.4. The number of benzene rings is 2. The van der Waals surface area contributed by atoms with E-state index in [4.69, 9.17) is 9.16 Å². The van der Waals surface area contributed by atoms with Gasteiger partial charge in [0, 0.05) is 12.1 Å². The second kappa shape index (κ2) is 11.6. The number of alkyl carbamates (subject to hydrolysis) is 1. The van der Waals surface area contributed by atoms with Crippen molar-refractivity contribution >= 4 is 24.8 Å². The molecule has 2 aromatic rings. The molecule has 0 unspecified atom stereocenters. The van der Waals surface area contributed by atoms with Crippen LogP contribution in [-0.2, 0) is 9.16 Å². The summed E-state index contributed by atoms with van der Waals surface area (Å²) >= 11 is 0. The van der Waals surface area contributed by atoms with Gasteiger partial charge in [0.25, 0.3) is 8.32 Å². The fraction of sp³-hybridized carbons (Fsp3) is 0.531. The molecule has 2 aromatic carbocycles. The first-order valence-electron chi connectivity index (χ1n) is 13.7. The molecule has 3 rings (SSSR count). The highest BCUT2D eigenvalue weighted by molar-refractivity contribution is 6.99. The van der Waals surface area contributed by atoms with Crippen LogP contribution in [0.5, 0.6) is 0 Å². The zero-order chi connectivity index (χ0) is 27.3. The van der Waals surface area contributed by atoms with Crippen LogP contribution in [0.3, 0.4) is 0 Å². The molecule has 0 heterocycles. The lowest BCUT2D eigenvalue weighted by molar-refractivity contribution is 0.0382. The number of carbonyl (C=O) groups is 1. The van der Waals surface area contributed by atoms with Gasteiger partial charge in [0.05, 0.1) is 0 Å². The summed E-state index contributed by atoms with van der Waals surface area (Å²) in [5.41, 5.74) is -0.899. The van der Waals surface area contributed by atoms with Crippen LogP contribution in [0.25, 0.3) is 0 Å². The molecule has 0 aromatic heterocycles. The first-order chi connectivity index (χ1) is 17.3. The van der Waals surface area contributed by atoms with Crippen LogP contribution < -0.4 is 15.7 Å². The van der Waals surface area contributed by atoms with Crippen molar-refractivity contribution in [2.24, 2.45) is 11.8 Å². The molecule has 1 amide bonds. The average molecular weight is 522 g/mol. The molecule has 0 radical (unpaired) electrons. The van der Waals surface area contributed by atoms with E-state index in [0.717, 1.165) is 25.7 Å². The topological polar surface area (TPSA) is 47.6 Å². The maximum absolute atomic E-state index is 12.9. The molecule has 1 fully saturated rings. The fourth-order valence-electron chi connectivity index (χ4n) is 6.29. The SMILES string of the molecule is C=CC[C@]1(NC(=O)OC(C)(C)C)CCC[C@H]1[C@H](C)CO[Si](c1ccccc1)(c1ccccc1)C(C)(C)C. The Bertz CT molecular complexity index is 986. The molecule has 1 aliphatic carbocycles. The van der Waals surface area contributed by atoms with Gasteiger partial charge in [-0.25, -0.2) is 4.79 Å². The van der Waals surface area contributed by atoms with Crippen LogP contribution in [0.15, 0.2) is 73.3 Å². The number of rotatable bonds is 9. The Morgan fingerprint density at radius 1 is 1.05 bits per heavy atom. The number of ether oxygens (including phenoxy) is 1. The lowest BCUT2D eigenvalue weighted by atomic mass is 9.77. The van der Waals surface area contributed by atoms with Gasteiger partial charge in [0.2, 0.25) is 0 Å². The van der Waals surface area contributed by atoms with Gasteiger partial charge in [-0.2, -0.15) is 0 Å². The van der Waals surface area contributed by atoms with Crippen molar-refractivity contribution in [3.05, 3.63) is 73.3 Å². The molecule has 0 spiro atoms. The standard InChI is InChI=1S/C32H47NO3Si/c1-9-22-32(33-29(34)36-30(3,4)5)23-16-21-28(32)25(2)24-35-37(31(6,7)8,26-17-12-10-13-18-26)27-19-14-11-15-20-27/h9-15,17-20,25,28H,1,16,21-24H2,2-8H3,(H,33,34)/t25-,28+,32+/m1/s1. The van der Waals surface area contributed by atoms with Crippen molar-refractivity contribution in [3.8, 4) is 0 Å². The number of carbonyl (C=O) groups excluding carboxylic acids is 1. The van der Waals surface area contributed by atoms with Gasteiger partial charge in [-0.05, 0) is 67.3 Å².